The Labute approximate surface area is 264 Å². The van der Waals surface area contributed by atoms with Crippen LogP contribution in [0, 0.1) is 6.92 Å². The van der Waals surface area contributed by atoms with Crippen LogP contribution >= 0.6 is 0 Å². The molecule has 0 heterocycles. The van der Waals surface area contributed by atoms with Gasteiger partial charge in [-0.3, -0.25) is 0 Å². The first-order valence-corrected chi connectivity index (χ1v) is 15.6. The molecule has 0 fully saturated rings. The fourth-order valence-corrected chi connectivity index (χ4v) is 6.79. The van der Waals surface area contributed by atoms with Gasteiger partial charge in [0.15, 0.2) is 0 Å². The van der Waals surface area contributed by atoms with E-state index in [1.165, 1.54) is 82.7 Å². The van der Waals surface area contributed by atoms with E-state index in [9.17, 15) is 0 Å². The summed E-state index contributed by atoms with van der Waals surface area (Å²) in [4.78, 5) is 0. The molecule has 0 amide bonds. The maximum Gasteiger partial charge on any atom is -0.00262 e. The summed E-state index contributed by atoms with van der Waals surface area (Å²) in [6.45, 7) is 2.20. The van der Waals surface area contributed by atoms with Crippen LogP contribution in [0.5, 0.6) is 0 Å². The highest BCUT2D eigenvalue weighted by Crippen LogP contribution is 2.44. The number of benzene rings is 8. The molecule has 0 aromatic heterocycles. The van der Waals surface area contributed by atoms with Crippen molar-refractivity contribution in [3.05, 3.63) is 181 Å². The lowest BCUT2D eigenvalue weighted by molar-refractivity contribution is 1.45. The molecule has 0 atom stereocenters. The van der Waals surface area contributed by atoms with Gasteiger partial charge in [-0.25, -0.2) is 0 Å². The lowest BCUT2D eigenvalue weighted by atomic mass is 9.85. The van der Waals surface area contributed by atoms with Gasteiger partial charge in [0.25, 0.3) is 0 Å². The predicted octanol–water partition coefficient (Wildman–Crippen LogP) is 12.6. The first-order valence-electron chi connectivity index (χ1n) is 15.6. The van der Waals surface area contributed by atoms with Gasteiger partial charge < -0.3 is 0 Å². The van der Waals surface area contributed by atoms with Crippen LogP contribution in [-0.2, 0) is 0 Å². The standard InChI is InChI=1S/C45H32/c1-31-23-24-37(30-43(31)34-27-25-33(26-28-34)32-13-4-2-5-14-32)36-17-12-18-38(29-36)45-41-21-10-8-19-39(41)44(35-15-6-3-7-16-35)40-20-9-11-22-42(40)45/h2-30H,1H3. The molecule has 0 spiro atoms. The van der Waals surface area contributed by atoms with E-state index < -0.39 is 0 Å². The number of fused-ring (bicyclic) bond motifs is 2. The number of hydrogen-bond acceptors (Lipinski definition) is 0. The number of rotatable bonds is 5. The van der Waals surface area contributed by atoms with Crippen LogP contribution in [0.25, 0.3) is 77.2 Å². The molecule has 0 aliphatic heterocycles. The summed E-state index contributed by atoms with van der Waals surface area (Å²) in [5.74, 6) is 0. The van der Waals surface area contributed by atoms with Gasteiger partial charge in [0.1, 0.15) is 0 Å². The quantitative estimate of drug-likeness (QED) is 0.180. The van der Waals surface area contributed by atoms with Crippen molar-refractivity contribution in [3.8, 4) is 55.6 Å². The van der Waals surface area contributed by atoms with E-state index in [1.54, 1.807) is 0 Å². The molecule has 212 valence electrons. The Morgan fingerprint density at radius 1 is 0.267 bits per heavy atom. The Kier molecular flexibility index (Phi) is 6.81. The first kappa shape index (κ1) is 26.9. The number of aryl methyl sites for hydroxylation is 1. The van der Waals surface area contributed by atoms with Gasteiger partial charge in [-0.1, -0.05) is 164 Å². The normalized spacial score (nSPS) is 11.2. The highest BCUT2D eigenvalue weighted by molar-refractivity contribution is 6.21. The highest BCUT2D eigenvalue weighted by atomic mass is 14.2. The summed E-state index contributed by atoms with van der Waals surface area (Å²) in [5, 5.41) is 5.10. The number of hydrogen-bond donors (Lipinski definition) is 0. The third kappa shape index (κ3) is 4.91. The Bertz CT molecular complexity index is 2240. The second-order valence-corrected chi connectivity index (χ2v) is 11.8. The molecular weight excluding hydrogens is 540 g/mol. The first-order chi connectivity index (χ1) is 22.2. The molecule has 45 heavy (non-hydrogen) atoms. The maximum absolute atomic E-state index is 2.36. The SMILES string of the molecule is Cc1ccc(-c2cccc(-c3c4ccccc4c(-c4ccccc4)c4ccccc34)c2)cc1-c1ccc(-c2ccccc2)cc1. The zero-order valence-electron chi connectivity index (χ0n) is 25.2. The topological polar surface area (TPSA) is 0 Å². The minimum atomic E-state index is 1.22. The molecule has 0 radical (unpaired) electrons. The van der Waals surface area contributed by atoms with Gasteiger partial charge >= 0.3 is 0 Å². The monoisotopic (exact) mass is 572 g/mol. The molecule has 0 saturated carbocycles. The van der Waals surface area contributed by atoms with Gasteiger partial charge in [0, 0.05) is 0 Å². The third-order valence-electron chi connectivity index (χ3n) is 9.02. The Balaban J connectivity index is 1.26. The fourth-order valence-electron chi connectivity index (χ4n) is 6.79. The molecule has 0 unspecified atom stereocenters. The van der Waals surface area contributed by atoms with Gasteiger partial charge in [-0.2, -0.15) is 0 Å². The van der Waals surface area contributed by atoms with Crippen LogP contribution in [0.3, 0.4) is 0 Å². The maximum atomic E-state index is 2.36. The summed E-state index contributed by atoms with van der Waals surface area (Å²) in [7, 11) is 0. The van der Waals surface area contributed by atoms with Crippen molar-refractivity contribution in [3.63, 3.8) is 0 Å². The van der Waals surface area contributed by atoms with Gasteiger partial charge in [0.05, 0.1) is 0 Å². The van der Waals surface area contributed by atoms with Crippen molar-refractivity contribution in [1.29, 1.82) is 0 Å². The van der Waals surface area contributed by atoms with Gasteiger partial charge in [-0.15, -0.1) is 0 Å². The molecule has 0 aliphatic rings. The minimum absolute atomic E-state index is 1.22. The van der Waals surface area contributed by atoms with E-state index in [0.29, 0.717) is 0 Å². The molecule has 0 nitrogen and oxygen atoms in total. The second-order valence-electron chi connectivity index (χ2n) is 11.8. The highest BCUT2D eigenvalue weighted by Gasteiger charge is 2.17. The largest absolute Gasteiger partial charge is 0.0622 e. The average Bonchev–Trinajstić information content (AvgIpc) is 3.11. The molecule has 8 aromatic carbocycles. The van der Waals surface area contributed by atoms with Gasteiger partial charge in [0.2, 0.25) is 0 Å². The zero-order chi connectivity index (χ0) is 30.2. The van der Waals surface area contributed by atoms with Crippen LogP contribution < -0.4 is 0 Å². The van der Waals surface area contributed by atoms with Crippen LogP contribution in [0.1, 0.15) is 5.56 Å². The van der Waals surface area contributed by atoms with Crippen LogP contribution in [-0.4, -0.2) is 0 Å². The predicted molar refractivity (Wildman–Crippen MR) is 193 cm³/mol. The molecule has 8 rings (SSSR count). The van der Waals surface area contributed by atoms with Crippen molar-refractivity contribution >= 4 is 21.5 Å². The second kappa shape index (κ2) is 11.4. The molecular formula is C45H32. The molecule has 8 aromatic rings. The molecule has 0 saturated heterocycles. The van der Waals surface area contributed by atoms with E-state index in [0.717, 1.165) is 0 Å². The van der Waals surface area contributed by atoms with Crippen LogP contribution in [0.2, 0.25) is 0 Å². The van der Waals surface area contributed by atoms with Crippen molar-refractivity contribution in [2.75, 3.05) is 0 Å². The summed E-state index contributed by atoms with van der Waals surface area (Å²) >= 11 is 0. The van der Waals surface area contributed by atoms with Crippen molar-refractivity contribution in [2.24, 2.45) is 0 Å². The summed E-state index contributed by atoms with van der Waals surface area (Å²) in [6, 6.07) is 64.0. The lowest BCUT2D eigenvalue weighted by Crippen LogP contribution is -1.91. The van der Waals surface area contributed by atoms with E-state index in [4.69, 9.17) is 0 Å². The molecule has 0 N–H and O–H groups in total. The summed E-state index contributed by atoms with van der Waals surface area (Å²) in [6.07, 6.45) is 0. The Morgan fingerprint density at radius 2 is 0.667 bits per heavy atom. The van der Waals surface area contributed by atoms with Crippen molar-refractivity contribution in [1.82, 2.24) is 0 Å². The van der Waals surface area contributed by atoms with Gasteiger partial charge in [-0.05, 0) is 102 Å². The van der Waals surface area contributed by atoms with E-state index in [2.05, 4.69) is 183 Å². The average molecular weight is 573 g/mol. The fraction of sp³-hybridized carbons (Fsp3) is 0.0222. The van der Waals surface area contributed by atoms with Crippen molar-refractivity contribution in [2.45, 2.75) is 6.92 Å². The smallest absolute Gasteiger partial charge is 0.00262 e. The lowest BCUT2D eigenvalue weighted by Gasteiger charge is -2.18. The Hall–Kier alpha value is -5.72. The molecule has 0 aliphatic carbocycles. The van der Waals surface area contributed by atoms with E-state index in [1.807, 2.05) is 0 Å². The van der Waals surface area contributed by atoms with Crippen LogP contribution in [0.4, 0.5) is 0 Å². The molecule has 0 bridgehead atoms. The summed E-state index contributed by atoms with van der Waals surface area (Å²) in [5.41, 5.74) is 13.7. The molecule has 0 heteroatoms. The third-order valence-corrected chi connectivity index (χ3v) is 9.02. The van der Waals surface area contributed by atoms with E-state index >= 15 is 0 Å². The van der Waals surface area contributed by atoms with E-state index in [-0.39, 0.29) is 0 Å². The summed E-state index contributed by atoms with van der Waals surface area (Å²) < 4.78 is 0. The van der Waals surface area contributed by atoms with Crippen LogP contribution in [0.15, 0.2) is 176 Å². The van der Waals surface area contributed by atoms with Crippen molar-refractivity contribution < 1.29 is 0 Å². The minimum Gasteiger partial charge on any atom is -0.0622 e. The Morgan fingerprint density at radius 3 is 1.27 bits per heavy atom. The zero-order valence-corrected chi connectivity index (χ0v) is 25.2.